The second-order valence-electron chi connectivity index (χ2n) is 6.96. The molecule has 0 radical (unpaired) electrons. The van der Waals surface area contributed by atoms with E-state index in [0.29, 0.717) is 16.8 Å². The fourth-order valence-electron chi connectivity index (χ4n) is 3.54. The normalized spacial score (nSPS) is 15.5. The average molecular weight is 364 g/mol. The fraction of sp³-hybridized carbons (Fsp3) is 0.273. The first-order chi connectivity index (χ1) is 12.7. The summed E-state index contributed by atoms with van der Waals surface area (Å²) in [6, 6.07) is 8.38. The maximum atomic E-state index is 12.4. The number of esters is 1. The van der Waals surface area contributed by atoms with Crippen LogP contribution in [0.1, 0.15) is 35.0 Å². The van der Waals surface area contributed by atoms with Crippen molar-refractivity contribution in [1.29, 1.82) is 0 Å². The van der Waals surface area contributed by atoms with E-state index in [1.807, 2.05) is 19.9 Å². The molecule has 0 fully saturated rings. The number of hydrogen-bond donors (Lipinski definition) is 1. The van der Waals surface area contributed by atoms with Crippen LogP contribution in [0.2, 0.25) is 0 Å². The Morgan fingerprint density at radius 3 is 2.48 bits per heavy atom. The molecule has 0 aliphatic carbocycles. The highest BCUT2D eigenvalue weighted by Gasteiger charge is 2.31. The Balaban J connectivity index is 2.15. The van der Waals surface area contributed by atoms with Crippen LogP contribution < -0.4 is 5.32 Å². The molecule has 0 saturated heterocycles. The molecule has 1 aliphatic rings. The molecule has 0 spiro atoms. The van der Waals surface area contributed by atoms with Gasteiger partial charge in [0.15, 0.2) is 0 Å². The maximum absolute atomic E-state index is 12.4. The molecular weight excluding hydrogens is 340 g/mol. The van der Waals surface area contributed by atoms with E-state index in [1.54, 1.807) is 13.0 Å². The zero-order valence-corrected chi connectivity index (χ0v) is 16.6. The molecule has 2 aromatic rings. The van der Waals surface area contributed by atoms with E-state index in [2.05, 4.69) is 41.9 Å². The third-order valence-electron chi connectivity index (χ3n) is 4.96. The number of nitrogens with one attached hydrogen (secondary N) is 1. The Kier molecular flexibility index (Phi) is 4.79. The van der Waals surface area contributed by atoms with Crippen LogP contribution in [-0.2, 0) is 14.3 Å². The van der Waals surface area contributed by atoms with Crippen LogP contribution in [0.25, 0.3) is 11.8 Å². The summed E-state index contributed by atoms with van der Waals surface area (Å²) in [4.78, 5) is 24.5. The lowest BCUT2D eigenvalue weighted by molar-refractivity contribution is -0.136. The Bertz CT molecular complexity index is 1020. The number of hydrogen-bond acceptors (Lipinski definition) is 3. The Labute approximate surface area is 159 Å². The summed E-state index contributed by atoms with van der Waals surface area (Å²) >= 11 is 0. The van der Waals surface area contributed by atoms with Gasteiger partial charge in [0.2, 0.25) is 0 Å². The van der Waals surface area contributed by atoms with Gasteiger partial charge in [-0.15, -0.1) is 0 Å². The number of carbonyl (C=O) groups is 2. The number of rotatable bonds is 3. The van der Waals surface area contributed by atoms with E-state index >= 15 is 0 Å². The van der Waals surface area contributed by atoms with Gasteiger partial charge in [-0.25, -0.2) is 4.79 Å². The number of benzene rings is 1. The number of nitrogens with zero attached hydrogens (tertiary/aromatic N) is 1. The molecule has 0 atom stereocenters. The monoisotopic (exact) mass is 364 g/mol. The zero-order chi connectivity index (χ0) is 19.9. The van der Waals surface area contributed by atoms with Crippen molar-refractivity contribution in [2.24, 2.45) is 0 Å². The van der Waals surface area contributed by atoms with Crippen molar-refractivity contribution in [2.75, 3.05) is 7.11 Å². The summed E-state index contributed by atoms with van der Waals surface area (Å²) in [6.07, 6.45) is 1.77. The second-order valence-corrected chi connectivity index (χ2v) is 6.96. The number of aryl methyl sites for hydroxylation is 3. The molecule has 0 unspecified atom stereocenters. The summed E-state index contributed by atoms with van der Waals surface area (Å²) in [7, 11) is 1.31. The number of ether oxygens (including phenoxy) is 1. The largest absolute Gasteiger partial charge is 0.465 e. The standard InChI is InChI=1S/C22H24N2O3/c1-12-7-8-13(2)19(9-12)24-14(3)10-17(16(24)5)11-18-20(22(26)27-6)15(4)23-21(18)25/h7-11H,1-6H3,(H,23,25)/b18-11-. The summed E-state index contributed by atoms with van der Waals surface area (Å²) in [5, 5.41) is 2.71. The van der Waals surface area contributed by atoms with Gasteiger partial charge in [0.05, 0.1) is 18.3 Å². The molecule has 3 rings (SSSR count). The van der Waals surface area contributed by atoms with Crippen molar-refractivity contribution in [3.8, 4) is 5.69 Å². The zero-order valence-electron chi connectivity index (χ0n) is 16.6. The highest BCUT2D eigenvalue weighted by Crippen LogP contribution is 2.29. The molecule has 1 amide bonds. The Morgan fingerprint density at radius 1 is 1.11 bits per heavy atom. The van der Waals surface area contributed by atoms with Gasteiger partial charge in [-0.3, -0.25) is 4.79 Å². The van der Waals surface area contributed by atoms with E-state index in [4.69, 9.17) is 4.74 Å². The lowest BCUT2D eigenvalue weighted by Crippen LogP contribution is -2.15. The predicted molar refractivity (Wildman–Crippen MR) is 106 cm³/mol. The van der Waals surface area contributed by atoms with E-state index in [0.717, 1.165) is 22.6 Å². The molecule has 1 aromatic carbocycles. The van der Waals surface area contributed by atoms with Gasteiger partial charge in [-0.1, -0.05) is 12.1 Å². The van der Waals surface area contributed by atoms with Gasteiger partial charge in [0.1, 0.15) is 0 Å². The van der Waals surface area contributed by atoms with Crippen LogP contribution in [0.5, 0.6) is 0 Å². The Hall–Kier alpha value is -3.08. The first-order valence-corrected chi connectivity index (χ1v) is 8.83. The van der Waals surface area contributed by atoms with Crippen molar-refractivity contribution in [3.05, 3.63) is 69.2 Å². The molecular formula is C22H24N2O3. The van der Waals surface area contributed by atoms with Gasteiger partial charge < -0.3 is 14.6 Å². The van der Waals surface area contributed by atoms with Crippen molar-refractivity contribution in [2.45, 2.75) is 34.6 Å². The third kappa shape index (κ3) is 3.21. The maximum Gasteiger partial charge on any atom is 0.340 e. The van der Waals surface area contributed by atoms with Crippen molar-refractivity contribution < 1.29 is 14.3 Å². The predicted octanol–water partition coefficient (Wildman–Crippen LogP) is 3.67. The summed E-state index contributed by atoms with van der Waals surface area (Å²) < 4.78 is 7.02. The highest BCUT2D eigenvalue weighted by atomic mass is 16.5. The molecule has 2 heterocycles. The third-order valence-corrected chi connectivity index (χ3v) is 4.96. The van der Waals surface area contributed by atoms with Crippen LogP contribution in [0.4, 0.5) is 0 Å². The first-order valence-electron chi connectivity index (χ1n) is 8.83. The molecule has 1 N–H and O–H groups in total. The molecule has 5 nitrogen and oxygen atoms in total. The average Bonchev–Trinajstić information content (AvgIpc) is 3.05. The number of allylic oxidation sites excluding steroid dienone is 1. The summed E-state index contributed by atoms with van der Waals surface area (Å²) in [6.45, 7) is 9.90. The van der Waals surface area contributed by atoms with Gasteiger partial charge in [-0.2, -0.15) is 0 Å². The van der Waals surface area contributed by atoms with Crippen molar-refractivity contribution in [1.82, 2.24) is 9.88 Å². The lowest BCUT2D eigenvalue weighted by atomic mass is 10.0. The van der Waals surface area contributed by atoms with Gasteiger partial charge in [0.25, 0.3) is 5.91 Å². The molecule has 0 saturated carbocycles. The van der Waals surface area contributed by atoms with E-state index in [-0.39, 0.29) is 5.91 Å². The fourth-order valence-corrected chi connectivity index (χ4v) is 3.54. The van der Waals surface area contributed by atoms with Gasteiger partial charge in [-0.05, 0) is 69.5 Å². The van der Waals surface area contributed by atoms with Crippen molar-refractivity contribution >= 4 is 18.0 Å². The number of aromatic nitrogens is 1. The molecule has 1 aromatic heterocycles. The Morgan fingerprint density at radius 2 is 1.81 bits per heavy atom. The van der Waals surface area contributed by atoms with Crippen LogP contribution >= 0.6 is 0 Å². The topological polar surface area (TPSA) is 60.3 Å². The van der Waals surface area contributed by atoms with Crippen LogP contribution in [0, 0.1) is 27.7 Å². The minimum Gasteiger partial charge on any atom is -0.465 e. The summed E-state index contributed by atoms with van der Waals surface area (Å²) in [5.74, 6) is -0.801. The van der Waals surface area contributed by atoms with Gasteiger partial charge in [0, 0.05) is 22.8 Å². The van der Waals surface area contributed by atoms with Crippen molar-refractivity contribution in [3.63, 3.8) is 0 Å². The van der Waals surface area contributed by atoms with E-state index in [9.17, 15) is 9.59 Å². The van der Waals surface area contributed by atoms with E-state index in [1.165, 1.54) is 18.2 Å². The second kappa shape index (κ2) is 6.91. The number of carbonyl (C=O) groups excluding carboxylic acids is 2. The van der Waals surface area contributed by atoms with Crippen LogP contribution in [-0.4, -0.2) is 23.6 Å². The van der Waals surface area contributed by atoms with Crippen LogP contribution in [0.3, 0.4) is 0 Å². The van der Waals surface area contributed by atoms with E-state index < -0.39 is 5.97 Å². The minimum absolute atomic E-state index is 0.288. The lowest BCUT2D eigenvalue weighted by Gasteiger charge is -2.13. The molecule has 1 aliphatic heterocycles. The quantitative estimate of drug-likeness (QED) is 0.668. The number of methoxy groups -OCH3 is 1. The molecule has 0 bridgehead atoms. The number of amides is 1. The van der Waals surface area contributed by atoms with Crippen LogP contribution in [0.15, 0.2) is 41.1 Å². The molecule has 27 heavy (non-hydrogen) atoms. The highest BCUT2D eigenvalue weighted by molar-refractivity contribution is 6.16. The molecule has 5 heteroatoms. The minimum atomic E-state index is -0.513. The SMILES string of the molecule is COC(=O)C1=C(C)NC(=O)/C1=C\c1cc(C)n(-c2cc(C)ccc2C)c1C. The first kappa shape index (κ1) is 18.7. The smallest absolute Gasteiger partial charge is 0.340 e. The molecule has 140 valence electrons. The summed E-state index contributed by atoms with van der Waals surface area (Å²) in [5.41, 5.74) is 7.58. The van der Waals surface area contributed by atoms with Gasteiger partial charge >= 0.3 is 5.97 Å².